The first-order chi connectivity index (χ1) is 6.72. The Morgan fingerprint density at radius 2 is 1.86 bits per heavy atom. The van der Waals surface area contributed by atoms with Crippen molar-refractivity contribution >= 4 is 10.8 Å². The lowest BCUT2D eigenvalue weighted by atomic mass is 9.99. The molecule has 2 N–H and O–H groups in total. The van der Waals surface area contributed by atoms with Crippen LogP contribution in [0.5, 0.6) is 0 Å². The molecule has 2 aromatic carbocycles. The molecule has 0 spiro atoms. The Morgan fingerprint density at radius 3 is 2.57 bits per heavy atom. The Morgan fingerprint density at radius 1 is 1.07 bits per heavy atom. The van der Waals surface area contributed by atoms with Crippen molar-refractivity contribution < 1.29 is 0 Å². The van der Waals surface area contributed by atoms with Gasteiger partial charge in [-0.25, -0.2) is 0 Å². The Kier molecular flexibility index (Phi) is 2.26. The zero-order chi connectivity index (χ0) is 10.1. The fraction of sp³-hybridized carbons (Fsp3) is 0.231. The molecule has 0 bridgehead atoms. The van der Waals surface area contributed by atoms with Crippen molar-refractivity contribution in [1.29, 1.82) is 0 Å². The number of nitrogens with two attached hydrogens (primary N) is 1. The third kappa shape index (κ3) is 1.40. The highest BCUT2D eigenvalue weighted by atomic mass is 14.5. The number of hydrogen-bond donors (Lipinski definition) is 1. The van der Waals surface area contributed by atoms with Crippen molar-refractivity contribution in [2.45, 2.75) is 20.4 Å². The fourth-order valence-corrected chi connectivity index (χ4v) is 1.87. The van der Waals surface area contributed by atoms with Crippen molar-refractivity contribution in [3.05, 3.63) is 47.0 Å². The first-order valence-corrected chi connectivity index (χ1v) is 4.91. The molecule has 0 aliphatic carbocycles. The van der Waals surface area contributed by atoms with Gasteiger partial charge in [-0.1, -0.05) is 35.9 Å². The lowest BCUT2D eigenvalue weighted by Gasteiger charge is -2.07. The highest BCUT2D eigenvalue weighted by Gasteiger charge is 2.01. The van der Waals surface area contributed by atoms with Gasteiger partial charge < -0.3 is 5.73 Å². The molecular weight excluding hydrogens is 170 g/mol. The van der Waals surface area contributed by atoms with Gasteiger partial charge in [0.05, 0.1) is 0 Å². The normalized spacial score (nSPS) is 10.8. The highest BCUT2D eigenvalue weighted by Crippen LogP contribution is 2.22. The minimum Gasteiger partial charge on any atom is -0.326 e. The number of rotatable bonds is 1. The molecule has 0 fully saturated rings. The molecule has 2 rings (SSSR count). The van der Waals surface area contributed by atoms with Crippen LogP contribution in [0.25, 0.3) is 10.8 Å². The van der Waals surface area contributed by atoms with Crippen LogP contribution in [0.15, 0.2) is 30.3 Å². The Balaban J connectivity index is 2.77. The topological polar surface area (TPSA) is 26.0 Å². The summed E-state index contributed by atoms with van der Waals surface area (Å²) in [6, 6.07) is 10.8. The van der Waals surface area contributed by atoms with Gasteiger partial charge in [0.2, 0.25) is 0 Å². The standard InChI is InChI=1S/C13H15N/c1-9-3-6-13-10(2)12(8-14)5-4-11(13)7-9/h3-7H,8,14H2,1-2H3. The number of hydrogen-bond acceptors (Lipinski definition) is 1. The molecule has 2 aromatic rings. The summed E-state index contributed by atoms with van der Waals surface area (Å²) in [6.45, 7) is 4.88. The number of aryl methyl sites for hydroxylation is 2. The quantitative estimate of drug-likeness (QED) is 0.726. The van der Waals surface area contributed by atoms with Gasteiger partial charge in [0.1, 0.15) is 0 Å². The molecule has 0 amide bonds. The molecule has 14 heavy (non-hydrogen) atoms. The lowest BCUT2D eigenvalue weighted by Crippen LogP contribution is -1.99. The van der Waals surface area contributed by atoms with Gasteiger partial charge in [0, 0.05) is 6.54 Å². The van der Waals surface area contributed by atoms with Crippen LogP contribution in [-0.2, 0) is 6.54 Å². The molecule has 0 unspecified atom stereocenters. The van der Waals surface area contributed by atoms with Gasteiger partial charge in [-0.05, 0) is 35.7 Å². The molecule has 0 saturated carbocycles. The van der Waals surface area contributed by atoms with Gasteiger partial charge in [-0.3, -0.25) is 0 Å². The van der Waals surface area contributed by atoms with Crippen LogP contribution in [0.2, 0.25) is 0 Å². The first kappa shape index (κ1) is 9.22. The van der Waals surface area contributed by atoms with E-state index in [2.05, 4.69) is 44.2 Å². The van der Waals surface area contributed by atoms with E-state index in [1.165, 1.54) is 27.5 Å². The Labute approximate surface area is 84.5 Å². The van der Waals surface area contributed by atoms with E-state index in [4.69, 9.17) is 5.73 Å². The third-order valence-electron chi connectivity index (χ3n) is 2.78. The molecule has 0 aromatic heterocycles. The van der Waals surface area contributed by atoms with Crippen LogP contribution in [0.4, 0.5) is 0 Å². The maximum absolute atomic E-state index is 5.67. The summed E-state index contributed by atoms with van der Waals surface area (Å²) in [4.78, 5) is 0. The SMILES string of the molecule is Cc1ccc2c(C)c(CN)ccc2c1. The van der Waals surface area contributed by atoms with E-state index in [1.807, 2.05) is 0 Å². The van der Waals surface area contributed by atoms with Gasteiger partial charge in [0.25, 0.3) is 0 Å². The summed E-state index contributed by atoms with van der Waals surface area (Å²) in [5.41, 5.74) is 9.52. The summed E-state index contributed by atoms with van der Waals surface area (Å²) in [6.07, 6.45) is 0. The van der Waals surface area contributed by atoms with Crippen LogP contribution in [-0.4, -0.2) is 0 Å². The zero-order valence-electron chi connectivity index (χ0n) is 8.67. The predicted molar refractivity (Wildman–Crippen MR) is 61.3 cm³/mol. The van der Waals surface area contributed by atoms with E-state index >= 15 is 0 Å². The van der Waals surface area contributed by atoms with Gasteiger partial charge in [-0.15, -0.1) is 0 Å². The summed E-state index contributed by atoms with van der Waals surface area (Å²) in [5.74, 6) is 0. The van der Waals surface area contributed by atoms with Crippen molar-refractivity contribution in [2.75, 3.05) is 0 Å². The molecule has 0 aliphatic rings. The van der Waals surface area contributed by atoms with Crippen LogP contribution >= 0.6 is 0 Å². The van der Waals surface area contributed by atoms with E-state index in [1.54, 1.807) is 0 Å². The molecule has 0 aliphatic heterocycles. The largest absolute Gasteiger partial charge is 0.326 e. The van der Waals surface area contributed by atoms with Crippen LogP contribution in [0, 0.1) is 13.8 Å². The highest BCUT2D eigenvalue weighted by molar-refractivity contribution is 5.87. The van der Waals surface area contributed by atoms with E-state index in [0.29, 0.717) is 6.54 Å². The Hall–Kier alpha value is -1.34. The second kappa shape index (κ2) is 3.43. The van der Waals surface area contributed by atoms with E-state index in [9.17, 15) is 0 Å². The summed E-state index contributed by atoms with van der Waals surface area (Å²) >= 11 is 0. The number of benzene rings is 2. The molecule has 1 nitrogen and oxygen atoms in total. The van der Waals surface area contributed by atoms with Gasteiger partial charge in [0.15, 0.2) is 0 Å². The average molecular weight is 185 g/mol. The molecule has 0 atom stereocenters. The third-order valence-corrected chi connectivity index (χ3v) is 2.78. The molecule has 72 valence electrons. The fourth-order valence-electron chi connectivity index (χ4n) is 1.87. The minimum absolute atomic E-state index is 0.621. The van der Waals surface area contributed by atoms with Crippen LogP contribution in [0.1, 0.15) is 16.7 Å². The first-order valence-electron chi connectivity index (χ1n) is 4.91. The van der Waals surface area contributed by atoms with Crippen LogP contribution in [0.3, 0.4) is 0 Å². The Bertz CT molecular complexity index is 472. The average Bonchev–Trinajstić information content (AvgIpc) is 2.18. The van der Waals surface area contributed by atoms with Gasteiger partial charge in [-0.2, -0.15) is 0 Å². The van der Waals surface area contributed by atoms with E-state index in [0.717, 1.165) is 0 Å². The van der Waals surface area contributed by atoms with Crippen molar-refractivity contribution in [3.8, 4) is 0 Å². The maximum Gasteiger partial charge on any atom is 0.0180 e. The minimum atomic E-state index is 0.621. The summed E-state index contributed by atoms with van der Waals surface area (Å²) < 4.78 is 0. The van der Waals surface area contributed by atoms with Crippen LogP contribution < -0.4 is 5.73 Å². The van der Waals surface area contributed by atoms with Crippen molar-refractivity contribution in [3.63, 3.8) is 0 Å². The molecule has 0 saturated heterocycles. The second-order valence-electron chi connectivity index (χ2n) is 3.78. The predicted octanol–water partition coefficient (Wildman–Crippen LogP) is 2.92. The van der Waals surface area contributed by atoms with Gasteiger partial charge >= 0.3 is 0 Å². The summed E-state index contributed by atoms with van der Waals surface area (Å²) in [7, 11) is 0. The second-order valence-corrected chi connectivity index (χ2v) is 3.78. The van der Waals surface area contributed by atoms with Crippen molar-refractivity contribution in [2.24, 2.45) is 5.73 Å². The molecule has 0 radical (unpaired) electrons. The molecule has 1 heteroatoms. The van der Waals surface area contributed by atoms with E-state index < -0.39 is 0 Å². The zero-order valence-corrected chi connectivity index (χ0v) is 8.67. The number of fused-ring (bicyclic) bond motifs is 1. The van der Waals surface area contributed by atoms with E-state index in [-0.39, 0.29) is 0 Å². The maximum atomic E-state index is 5.67. The molecular formula is C13H15N. The van der Waals surface area contributed by atoms with Crippen molar-refractivity contribution in [1.82, 2.24) is 0 Å². The molecule has 0 heterocycles. The summed E-state index contributed by atoms with van der Waals surface area (Å²) in [5, 5.41) is 2.62. The lowest BCUT2D eigenvalue weighted by molar-refractivity contribution is 1.06. The monoisotopic (exact) mass is 185 g/mol. The smallest absolute Gasteiger partial charge is 0.0180 e.